The standard InChI is InChI=1S/C12H8BrN3OS.BrH/c1-7-11(17)14-12-16(15-7)10(6-18-12)8-2-4-9(13)5-3-8;/h2-6H,1H3;1H/p-1. The van der Waals surface area contributed by atoms with E-state index in [9.17, 15) is 4.79 Å². The number of halogens is 2. The van der Waals surface area contributed by atoms with Crippen molar-refractivity contribution in [2.45, 2.75) is 6.92 Å². The van der Waals surface area contributed by atoms with E-state index >= 15 is 0 Å². The summed E-state index contributed by atoms with van der Waals surface area (Å²) in [7, 11) is 0. The number of hydrogen-bond acceptors (Lipinski definition) is 4. The summed E-state index contributed by atoms with van der Waals surface area (Å²) in [5.41, 5.74) is 2.13. The molecular weight excluding hydrogens is 394 g/mol. The second-order valence-corrected chi connectivity index (χ2v) is 5.58. The van der Waals surface area contributed by atoms with Gasteiger partial charge in [0, 0.05) is 15.4 Å². The van der Waals surface area contributed by atoms with Crippen molar-refractivity contribution in [3.8, 4) is 11.3 Å². The fraction of sp³-hybridized carbons (Fsp3) is 0.0833. The molecule has 19 heavy (non-hydrogen) atoms. The molecule has 0 aliphatic rings. The molecule has 2 heterocycles. The van der Waals surface area contributed by atoms with Crippen molar-refractivity contribution in [2.24, 2.45) is 0 Å². The molecule has 98 valence electrons. The van der Waals surface area contributed by atoms with Crippen molar-refractivity contribution >= 4 is 32.2 Å². The van der Waals surface area contributed by atoms with E-state index in [1.807, 2.05) is 29.6 Å². The van der Waals surface area contributed by atoms with E-state index in [2.05, 4.69) is 26.0 Å². The van der Waals surface area contributed by atoms with Gasteiger partial charge in [-0.05, 0) is 19.1 Å². The Morgan fingerprint density at radius 3 is 2.63 bits per heavy atom. The Bertz CT molecular complexity index is 780. The molecular formula is C12H8Br2N3OS-. The summed E-state index contributed by atoms with van der Waals surface area (Å²) in [5.74, 6) is 0. The van der Waals surface area contributed by atoms with Gasteiger partial charge >= 0.3 is 0 Å². The SMILES string of the molecule is Cc1nn2c(-c3ccc(Br)cc3)csc2nc1=O.[Br-]. The quantitative estimate of drug-likeness (QED) is 0.571. The van der Waals surface area contributed by atoms with E-state index in [-0.39, 0.29) is 22.5 Å². The molecule has 1 aromatic carbocycles. The number of thiazole rings is 1. The molecule has 0 amide bonds. The highest BCUT2D eigenvalue weighted by Gasteiger charge is 2.09. The first-order valence-electron chi connectivity index (χ1n) is 5.26. The first-order chi connectivity index (χ1) is 8.65. The van der Waals surface area contributed by atoms with E-state index < -0.39 is 0 Å². The van der Waals surface area contributed by atoms with Gasteiger partial charge in [0.1, 0.15) is 5.69 Å². The van der Waals surface area contributed by atoms with Crippen LogP contribution in [0.15, 0.2) is 38.9 Å². The molecule has 2 aromatic heterocycles. The summed E-state index contributed by atoms with van der Waals surface area (Å²) in [5, 5.41) is 6.23. The van der Waals surface area contributed by atoms with Crippen molar-refractivity contribution in [3.05, 3.63) is 50.2 Å². The molecule has 0 bridgehead atoms. The van der Waals surface area contributed by atoms with E-state index in [1.54, 1.807) is 11.4 Å². The average molecular weight is 402 g/mol. The highest BCUT2D eigenvalue weighted by atomic mass is 79.9. The van der Waals surface area contributed by atoms with Gasteiger partial charge in [-0.1, -0.05) is 28.1 Å². The van der Waals surface area contributed by atoms with Gasteiger partial charge in [0.05, 0.1) is 5.69 Å². The highest BCUT2D eigenvalue weighted by Crippen LogP contribution is 2.25. The molecule has 0 fully saturated rings. The molecule has 3 aromatic rings. The summed E-state index contributed by atoms with van der Waals surface area (Å²) in [6.07, 6.45) is 0. The van der Waals surface area contributed by atoms with E-state index in [1.165, 1.54) is 11.3 Å². The van der Waals surface area contributed by atoms with Crippen LogP contribution in [0.3, 0.4) is 0 Å². The summed E-state index contributed by atoms with van der Waals surface area (Å²) in [6, 6.07) is 7.95. The monoisotopic (exact) mass is 400 g/mol. The molecule has 7 heteroatoms. The van der Waals surface area contributed by atoms with E-state index in [0.29, 0.717) is 10.7 Å². The lowest BCUT2D eigenvalue weighted by atomic mass is 10.2. The molecule has 0 saturated carbocycles. The minimum Gasteiger partial charge on any atom is -1.00 e. The van der Waals surface area contributed by atoms with Crippen molar-refractivity contribution in [1.29, 1.82) is 0 Å². The number of aryl methyl sites for hydroxylation is 1. The van der Waals surface area contributed by atoms with Crippen molar-refractivity contribution in [2.75, 3.05) is 0 Å². The summed E-state index contributed by atoms with van der Waals surface area (Å²) >= 11 is 4.82. The topological polar surface area (TPSA) is 47.3 Å². The summed E-state index contributed by atoms with van der Waals surface area (Å²) < 4.78 is 2.74. The van der Waals surface area contributed by atoms with Gasteiger partial charge in [0.15, 0.2) is 0 Å². The lowest BCUT2D eigenvalue weighted by molar-refractivity contribution is -0.00000363. The number of fused-ring (bicyclic) bond motifs is 1. The van der Waals surface area contributed by atoms with Crippen LogP contribution >= 0.6 is 27.3 Å². The molecule has 4 nitrogen and oxygen atoms in total. The normalized spacial score (nSPS) is 10.4. The van der Waals surface area contributed by atoms with Gasteiger partial charge in [0.2, 0.25) is 4.96 Å². The minimum atomic E-state index is -0.265. The lowest BCUT2D eigenvalue weighted by Crippen LogP contribution is -3.00. The summed E-state index contributed by atoms with van der Waals surface area (Å²) in [4.78, 5) is 16.0. The molecule has 0 atom stereocenters. The molecule has 3 rings (SSSR count). The Hall–Kier alpha value is -1.05. The van der Waals surface area contributed by atoms with Gasteiger partial charge < -0.3 is 17.0 Å². The van der Waals surface area contributed by atoms with Crippen LogP contribution < -0.4 is 22.5 Å². The Morgan fingerprint density at radius 2 is 1.95 bits per heavy atom. The van der Waals surface area contributed by atoms with E-state index in [4.69, 9.17) is 0 Å². The number of benzene rings is 1. The predicted molar refractivity (Wildman–Crippen MR) is 75.0 cm³/mol. The third-order valence-corrected chi connectivity index (χ3v) is 3.93. The fourth-order valence-corrected chi connectivity index (χ4v) is 2.75. The molecule has 0 unspecified atom stereocenters. The number of hydrogen-bond donors (Lipinski definition) is 0. The predicted octanol–water partition coefficient (Wildman–Crippen LogP) is -0.107. The average Bonchev–Trinajstić information content (AvgIpc) is 2.74. The zero-order valence-corrected chi connectivity index (χ0v) is 13.8. The minimum absolute atomic E-state index is 0. The molecule has 0 radical (unpaired) electrons. The number of nitrogens with zero attached hydrogens (tertiary/aromatic N) is 3. The van der Waals surface area contributed by atoms with Crippen LogP contribution in [0.1, 0.15) is 5.69 Å². The van der Waals surface area contributed by atoms with Gasteiger partial charge in [-0.15, -0.1) is 11.3 Å². The lowest BCUT2D eigenvalue weighted by Gasteiger charge is -2.01. The third kappa shape index (κ3) is 2.63. The molecule has 0 aliphatic carbocycles. The molecule has 0 N–H and O–H groups in total. The largest absolute Gasteiger partial charge is 1.00 e. The Labute approximate surface area is 132 Å². The molecule has 0 saturated heterocycles. The molecule has 0 spiro atoms. The van der Waals surface area contributed by atoms with Crippen LogP contribution in [0, 0.1) is 6.92 Å². The van der Waals surface area contributed by atoms with Gasteiger partial charge in [-0.2, -0.15) is 10.1 Å². The Kier molecular flexibility index (Phi) is 4.17. The van der Waals surface area contributed by atoms with Crippen LogP contribution in [0.5, 0.6) is 0 Å². The van der Waals surface area contributed by atoms with Crippen LogP contribution in [0.25, 0.3) is 16.2 Å². The maximum Gasteiger partial charge on any atom is 0.295 e. The van der Waals surface area contributed by atoms with Crippen LogP contribution in [-0.2, 0) is 0 Å². The fourth-order valence-electron chi connectivity index (χ4n) is 1.65. The van der Waals surface area contributed by atoms with Crippen LogP contribution in [0.2, 0.25) is 0 Å². The third-order valence-electron chi connectivity index (χ3n) is 2.58. The summed E-state index contributed by atoms with van der Waals surface area (Å²) in [6.45, 7) is 1.67. The van der Waals surface area contributed by atoms with E-state index in [0.717, 1.165) is 15.7 Å². The van der Waals surface area contributed by atoms with Crippen molar-refractivity contribution < 1.29 is 17.0 Å². The second kappa shape index (κ2) is 5.52. The Morgan fingerprint density at radius 1 is 1.26 bits per heavy atom. The maximum absolute atomic E-state index is 11.4. The Balaban J connectivity index is 0.00000133. The maximum atomic E-state index is 11.4. The zero-order chi connectivity index (χ0) is 12.7. The van der Waals surface area contributed by atoms with Crippen molar-refractivity contribution in [1.82, 2.24) is 14.6 Å². The van der Waals surface area contributed by atoms with Gasteiger partial charge in [0.25, 0.3) is 5.56 Å². The zero-order valence-electron chi connectivity index (χ0n) is 9.80. The number of aromatic nitrogens is 3. The van der Waals surface area contributed by atoms with Crippen molar-refractivity contribution in [3.63, 3.8) is 0 Å². The second-order valence-electron chi connectivity index (χ2n) is 3.82. The van der Waals surface area contributed by atoms with Crippen LogP contribution in [-0.4, -0.2) is 14.6 Å². The smallest absolute Gasteiger partial charge is 0.295 e. The van der Waals surface area contributed by atoms with Gasteiger partial charge in [-0.25, -0.2) is 4.52 Å². The van der Waals surface area contributed by atoms with Crippen LogP contribution in [0.4, 0.5) is 0 Å². The first kappa shape index (κ1) is 14.4. The van der Waals surface area contributed by atoms with Gasteiger partial charge in [-0.3, -0.25) is 4.79 Å². The molecule has 0 aliphatic heterocycles. The number of rotatable bonds is 1. The highest BCUT2D eigenvalue weighted by molar-refractivity contribution is 9.10. The first-order valence-corrected chi connectivity index (χ1v) is 6.93.